The summed E-state index contributed by atoms with van der Waals surface area (Å²) in [6.45, 7) is 6.41. The van der Waals surface area contributed by atoms with Crippen molar-refractivity contribution in [2.75, 3.05) is 6.61 Å². The van der Waals surface area contributed by atoms with E-state index in [2.05, 4.69) is 10.3 Å². The van der Waals surface area contributed by atoms with Crippen LogP contribution in [0.25, 0.3) is 17.1 Å². The Bertz CT molecular complexity index is 656. The van der Waals surface area contributed by atoms with Crippen LogP contribution in [0.1, 0.15) is 25.0 Å². The Hall–Kier alpha value is -2.17. The van der Waals surface area contributed by atoms with Crippen LogP contribution in [-0.2, 0) is 16.6 Å². The van der Waals surface area contributed by atoms with Gasteiger partial charge < -0.3 is 4.74 Å². The van der Waals surface area contributed by atoms with E-state index in [1.165, 1.54) is 6.08 Å². The highest BCUT2D eigenvalue weighted by Gasteiger charge is 2.07. The molecule has 106 valence electrons. The van der Waals surface area contributed by atoms with Crippen LogP contribution in [0.3, 0.4) is 0 Å². The van der Waals surface area contributed by atoms with Crippen LogP contribution in [0, 0.1) is 12.8 Å². The highest BCUT2D eigenvalue weighted by Crippen LogP contribution is 2.20. The first-order valence-corrected chi connectivity index (χ1v) is 6.63. The van der Waals surface area contributed by atoms with Gasteiger partial charge in [-0.05, 0) is 36.1 Å². The number of carbonyl (C=O) groups is 1. The predicted octanol–water partition coefficient (Wildman–Crippen LogP) is 2.49. The van der Waals surface area contributed by atoms with Crippen LogP contribution in [0.4, 0.5) is 0 Å². The Labute approximate surface area is 118 Å². The summed E-state index contributed by atoms with van der Waals surface area (Å²) in [4.78, 5) is 11.6. The van der Waals surface area contributed by atoms with E-state index < -0.39 is 0 Å². The predicted molar refractivity (Wildman–Crippen MR) is 78.1 cm³/mol. The Kier molecular flexibility index (Phi) is 4.17. The summed E-state index contributed by atoms with van der Waals surface area (Å²) in [5, 5.41) is 8.12. The van der Waals surface area contributed by atoms with Crippen molar-refractivity contribution in [3.63, 3.8) is 0 Å². The third-order valence-corrected chi connectivity index (χ3v) is 3.04. The summed E-state index contributed by atoms with van der Waals surface area (Å²) in [7, 11) is 1.85. The van der Waals surface area contributed by atoms with Crippen molar-refractivity contribution in [1.29, 1.82) is 0 Å². The SMILES string of the molecule is Cc1c(/C=C/C(=O)OCC(C)C)ccc2c1nnn2C. The summed E-state index contributed by atoms with van der Waals surface area (Å²) in [6.07, 6.45) is 3.21. The Balaban J connectivity index is 2.17. The lowest BCUT2D eigenvalue weighted by molar-refractivity contribution is -0.138. The summed E-state index contributed by atoms with van der Waals surface area (Å²) < 4.78 is 6.83. The maximum atomic E-state index is 11.6. The highest BCUT2D eigenvalue weighted by atomic mass is 16.5. The molecule has 1 aromatic carbocycles. The molecule has 0 bridgehead atoms. The summed E-state index contributed by atoms with van der Waals surface area (Å²) >= 11 is 0. The first kappa shape index (κ1) is 14.2. The van der Waals surface area contributed by atoms with Gasteiger partial charge in [-0.1, -0.05) is 25.1 Å². The zero-order chi connectivity index (χ0) is 14.7. The third-order valence-electron chi connectivity index (χ3n) is 3.04. The molecule has 0 saturated heterocycles. The smallest absolute Gasteiger partial charge is 0.330 e. The van der Waals surface area contributed by atoms with E-state index in [0.29, 0.717) is 12.5 Å². The third kappa shape index (κ3) is 3.04. The zero-order valence-electron chi connectivity index (χ0n) is 12.3. The van der Waals surface area contributed by atoms with Gasteiger partial charge in [-0.3, -0.25) is 0 Å². The maximum Gasteiger partial charge on any atom is 0.330 e. The molecule has 0 aliphatic heterocycles. The van der Waals surface area contributed by atoms with E-state index in [0.717, 1.165) is 22.2 Å². The van der Waals surface area contributed by atoms with E-state index in [-0.39, 0.29) is 5.97 Å². The van der Waals surface area contributed by atoms with Crippen LogP contribution in [-0.4, -0.2) is 27.6 Å². The topological polar surface area (TPSA) is 57.0 Å². The van der Waals surface area contributed by atoms with Gasteiger partial charge in [-0.2, -0.15) is 0 Å². The van der Waals surface area contributed by atoms with Crippen LogP contribution < -0.4 is 0 Å². The van der Waals surface area contributed by atoms with Crippen molar-refractivity contribution < 1.29 is 9.53 Å². The van der Waals surface area contributed by atoms with E-state index in [1.807, 2.05) is 40.0 Å². The average molecular weight is 273 g/mol. The lowest BCUT2D eigenvalue weighted by Crippen LogP contribution is -2.07. The van der Waals surface area contributed by atoms with Gasteiger partial charge in [0, 0.05) is 13.1 Å². The van der Waals surface area contributed by atoms with E-state index in [1.54, 1.807) is 10.8 Å². The number of benzene rings is 1. The van der Waals surface area contributed by atoms with Crippen molar-refractivity contribution in [2.45, 2.75) is 20.8 Å². The first-order chi connectivity index (χ1) is 9.49. The molecule has 0 atom stereocenters. The number of esters is 1. The molecule has 0 fully saturated rings. The van der Waals surface area contributed by atoms with Crippen molar-refractivity contribution in [3.8, 4) is 0 Å². The van der Waals surface area contributed by atoms with Crippen LogP contribution >= 0.6 is 0 Å². The Morgan fingerprint density at radius 3 is 2.90 bits per heavy atom. The fourth-order valence-electron chi connectivity index (χ4n) is 1.88. The van der Waals surface area contributed by atoms with Gasteiger partial charge in [0.2, 0.25) is 0 Å². The minimum absolute atomic E-state index is 0.322. The van der Waals surface area contributed by atoms with Crippen molar-refractivity contribution in [3.05, 3.63) is 29.3 Å². The molecule has 0 amide bonds. The van der Waals surface area contributed by atoms with E-state index >= 15 is 0 Å². The van der Waals surface area contributed by atoms with Crippen molar-refractivity contribution >= 4 is 23.1 Å². The molecule has 0 aliphatic carbocycles. The lowest BCUT2D eigenvalue weighted by Gasteiger charge is -2.04. The van der Waals surface area contributed by atoms with Gasteiger partial charge in [0.05, 0.1) is 12.1 Å². The van der Waals surface area contributed by atoms with Crippen molar-refractivity contribution in [1.82, 2.24) is 15.0 Å². The molecule has 1 aromatic heterocycles. The van der Waals surface area contributed by atoms with Gasteiger partial charge in [0.25, 0.3) is 0 Å². The van der Waals surface area contributed by atoms with Crippen molar-refractivity contribution in [2.24, 2.45) is 13.0 Å². The fraction of sp³-hybridized carbons (Fsp3) is 0.400. The van der Waals surface area contributed by atoms with Gasteiger partial charge >= 0.3 is 5.97 Å². The molecule has 0 N–H and O–H groups in total. The van der Waals surface area contributed by atoms with Gasteiger partial charge in [0.15, 0.2) is 0 Å². The molecule has 5 heteroatoms. The summed E-state index contributed by atoms with van der Waals surface area (Å²) in [5.74, 6) is 0.0161. The second-order valence-corrected chi connectivity index (χ2v) is 5.22. The second kappa shape index (κ2) is 5.86. The molecule has 0 saturated carbocycles. The largest absolute Gasteiger partial charge is 0.462 e. The molecular formula is C15H19N3O2. The molecule has 0 aliphatic rings. The number of aryl methyl sites for hydroxylation is 2. The number of carbonyl (C=O) groups excluding carboxylic acids is 1. The molecule has 0 unspecified atom stereocenters. The monoisotopic (exact) mass is 273 g/mol. The molecular weight excluding hydrogens is 254 g/mol. The number of hydrogen-bond acceptors (Lipinski definition) is 4. The number of ether oxygens (including phenoxy) is 1. The van der Waals surface area contributed by atoms with Gasteiger partial charge in [-0.15, -0.1) is 5.10 Å². The zero-order valence-corrected chi connectivity index (χ0v) is 12.3. The number of nitrogens with zero attached hydrogens (tertiary/aromatic N) is 3. The van der Waals surface area contributed by atoms with Crippen LogP contribution in [0.5, 0.6) is 0 Å². The quantitative estimate of drug-likeness (QED) is 0.634. The number of hydrogen-bond donors (Lipinski definition) is 0. The molecule has 5 nitrogen and oxygen atoms in total. The molecule has 1 heterocycles. The molecule has 0 radical (unpaired) electrons. The van der Waals surface area contributed by atoms with Gasteiger partial charge in [0.1, 0.15) is 5.52 Å². The lowest BCUT2D eigenvalue weighted by atomic mass is 10.1. The molecule has 2 rings (SSSR count). The Morgan fingerprint density at radius 1 is 1.45 bits per heavy atom. The van der Waals surface area contributed by atoms with Gasteiger partial charge in [-0.25, -0.2) is 9.48 Å². The summed E-state index contributed by atoms with van der Waals surface area (Å²) in [6, 6.07) is 3.90. The standard InChI is InChI=1S/C15H19N3O2/c1-10(2)9-20-14(19)8-6-12-5-7-13-15(11(12)3)16-17-18(13)4/h5-8,10H,9H2,1-4H3/b8-6+. The Morgan fingerprint density at radius 2 is 2.20 bits per heavy atom. The van der Waals surface area contributed by atoms with E-state index in [4.69, 9.17) is 4.74 Å². The number of rotatable bonds is 4. The average Bonchev–Trinajstić information content (AvgIpc) is 2.78. The second-order valence-electron chi connectivity index (χ2n) is 5.22. The molecule has 20 heavy (non-hydrogen) atoms. The van der Waals surface area contributed by atoms with E-state index in [9.17, 15) is 4.79 Å². The molecule has 2 aromatic rings. The van der Waals surface area contributed by atoms with Crippen LogP contribution in [0.2, 0.25) is 0 Å². The molecule has 0 spiro atoms. The fourth-order valence-corrected chi connectivity index (χ4v) is 1.88. The minimum atomic E-state index is -0.322. The van der Waals surface area contributed by atoms with Crippen LogP contribution in [0.15, 0.2) is 18.2 Å². The summed E-state index contributed by atoms with van der Waals surface area (Å²) in [5.41, 5.74) is 3.77. The number of aromatic nitrogens is 3. The maximum absolute atomic E-state index is 11.6. The minimum Gasteiger partial charge on any atom is -0.462 e. The number of fused-ring (bicyclic) bond motifs is 1. The highest BCUT2D eigenvalue weighted by molar-refractivity contribution is 5.89. The normalized spacial score (nSPS) is 11.7. The first-order valence-electron chi connectivity index (χ1n) is 6.63.